The molecule has 0 heterocycles. The van der Waals surface area contributed by atoms with Crippen LogP contribution in [-0.4, -0.2) is 6.36 Å². The summed E-state index contributed by atoms with van der Waals surface area (Å²) in [4.78, 5) is 0. The van der Waals surface area contributed by atoms with E-state index in [1.807, 2.05) is 6.92 Å². The van der Waals surface area contributed by atoms with E-state index in [9.17, 15) is 17.6 Å². The SMILES string of the molecule is CC(NCc1ccccc1OC(F)(F)F)c1cccc(F)c1. The second-order valence-electron chi connectivity index (χ2n) is 4.81. The van der Waals surface area contributed by atoms with Crippen LogP contribution in [0, 0.1) is 5.82 Å². The van der Waals surface area contributed by atoms with Crippen molar-refractivity contribution < 1.29 is 22.3 Å². The third-order valence-corrected chi connectivity index (χ3v) is 3.15. The van der Waals surface area contributed by atoms with E-state index in [4.69, 9.17) is 0 Å². The molecule has 1 unspecified atom stereocenters. The van der Waals surface area contributed by atoms with Crippen LogP contribution < -0.4 is 10.1 Å². The van der Waals surface area contributed by atoms with Gasteiger partial charge in [0, 0.05) is 18.2 Å². The number of benzene rings is 2. The molecule has 1 N–H and O–H groups in total. The first kappa shape index (κ1) is 16.3. The molecule has 2 aromatic carbocycles. The Morgan fingerprint density at radius 2 is 1.82 bits per heavy atom. The summed E-state index contributed by atoms with van der Waals surface area (Å²) in [7, 11) is 0. The minimum Gasteiger partial charge on any atom is -0.405 e. The van der Waals surface area contributed by atoms with E-state index in [0.29, 0.717) is 11.1 Å². The number of para-hydroxylation sites is 1. The predicted octanol–water partition coefficient (Wildman–Crippen LogP) is 4.58. The van der Waals surface area contributed by atoms with Gasteiger partial charge in [0.25, 0.3) is 0 Å². The number of halogens is 4. The third kappa shape index (κ3) is 4.73. The predicted molar refractivity (Wildman–Crippen MR) is 74.8 cm³/mol. The highest BCUT2D eigenvalue weighted by molar-refractivity contribution is 5.33. The quantitative estimate of drug-likeness (QED) is 0.816. The standard InChI is InChI=1S/C16H15F4NO/c1-11(12-6-4-7-14(17)9-12)21-10-13-5-2-3-8-15(13)22-16(18,19)20/h2-9,11,21H,10H2,1H3. The second kappa shape index (κ2) is 6.79. The zero-order valence-electron chi connectivity index (χ0n) is 11.8. The summed E-state index contributed by atoms with van der Waals surface area (Å²) in [6.45, 7) is 1.98. The fraction of sp³-hybridized carbons (Fsp3) is 0.250. The molecule has 0 aliphatic heterocycles. The fourth-order valence-electron chi connectivity index (χ4n) is 2.03. The van der Waals surface area contributed by atoms with Crippen LogP contribution in [0.1, 0.15) is 24.1 Å². The van der Waals surface area contributed by atoms with Gasteiger partial charge in [-0.25, -0.2) is 4.39 Å². The highest BCUT2D eigenvalue weighted by Crippen LogP contribution is 2.26. The van der Waals surface area contributed by atoms with E-state index in [1.165, 1.54) is 24.3 Å². The monoisotopic (exact) mass is 313 g/mol. The molecule has 2 rings (SSSR count). The molecule has 2 nitrogen and oxygen atoms in total. The molecule has 0 fully saturated rings. The zero-order chi connectivity index (χ0) is 16.2. The van der Waals surface area contributed by atoms with Crippen molar-refractivity contribution in [3.8, 4) is 5.75 Å². The summed E-state index contributed by atoms with van der Waals surface area (Å²) in [6.07, 6.45) is -4.73. The molecule has 0 saturated heterocycles. The summed E-state index contributed by atoms with van der Waals surface area (Å²) in [6, 6.07) is 11.8. The number of hydrogen-bond acceptors (Lipinski definition) is 2. The normalized spacial score (nSPS) is 13.0. The summed E-state index contributed by atoms with van der Waals surface area (Å²) in [5.41, 5.74) is 1.09. The van der Waals surface area contributed by atoms with Crippen LogP contribution >= 0.6 is 0 Å². The van der Waals surface area contributed by atoms with Gasteiger partial charge in [0.2, 0.25) is 0 Å². The summed E-state index contributed by atoms with van der Waals surface area (Å²) < 4.78 is 54.2. The van der Waals surface area contributed by atoms with E-state index < -0.39 is 6.36 Å². The molecule has 0 aromatic heterocycles. The van der Waals surface area contributed by atoms with Gasteiger partial charge in [0.05, 0.1) is 0 Å². The Morgan fingerprint density at radius 1 is 1.09 bits per heavy atom. The second-order valence-corrected chi connectivity index (χ2v) is 4.81. The van der Waals surface area contributed by atoms with Crippen LogP contribution in [0.2, 0.25) is 0 Å². The fourth-order valence-corrected chi connectivity index (χ4v) is 2.03. The Hall–Kier alpha value is -2.08. The van der Waals surface area contributed by atoms with Crippen molar-refractivity contribution in [1.82, 2.24) is 5.32 Å². The van der Waals surface area contributed by atoms with Crippen LogP contribution in [0.15, 0.2) is 48.5 Å². The highest BCUT2D eigenvalue weighted by atomic mass is 19.4. The number of rotatable bonds is 5. The van der Waals surface area contributed by atoms with E-state index in [0.717, 1.165) is 0 Å². The van der Waals surface area contributed by atoms with Gasteiger partial charge in [-0.1, -0.05) is 30.3 Å². The number of nitrogens with one attached hydrogen (secondary N) is 1. The molecular weight excluding hydrogens is 298 g/mol. The Kier molecular flexibility index (Phi) is 5.03. The smallest absolute Gasteiger partial charge is 0.405 e. The minimum atomic E-state index is -4.73. The van der Waals surface area contributed by atoms with Crippen molar-refractivity contribution in [2.24, 2.45) is 0 Å². The van der Waals surface area contributed by atoms with Crippen LogP contribution in [0.3, 0.4) is 0 Å². The van der Waals surface area contributed by atoms with Crippen molar-refractivity contribution in [3.05, 3.63) is 65.5 Å². The molecule has 0 spiro atoms. The van der Waals surface area contributed by atoms with Gasteiger partial charge in [-0.15, -0.1) is 13.2 Å². The van der Waals surface area contributed by atoms with Gasteiger partial charge in [-0.3, -0.25) is 0 Å². The van der Waals surface area contributed by atoms with Gasteiger partial charge in [0.1, 0.15) is 11.6 Å². The number of hydrogen-bond donors (Lipinski definition) is 1. The molecular formula is C16H15F4NO. The molecule has 0 radical (unpaired) electrons. The van der Waals surface area contributed by atoms with Crippen molar-refractivity contribution >= 4 is 0 Å². The van der Waals surface area contributed by atoms with Gasteiger partial charge in [-0.05, 0) is 30.7 Å². The molecule has 0 saturated carbocycles. The lowest BCUT2D eigenvalue weighted by atomic mass is 10.1. The van der Waals surface area contributed by atoms with E-state index in [2.05, 4.69) is 10.1 Å². The molecule has 2 aromatic rings. The van der Waals surface area contributed by atoms with E-state index >= 15 is 0 Å². The average Bonchev–Trinajstić information content (AvgIpc) is 2.44. The van der Waals surface area contributed by atoms with Gasteiger partial charge in [-0.2, -0.15) is 0 Å². The lowest BCUT2D eigenvalue weighted by Crippen LogP contribution is -2.21. The van der Waals surface area contributed by atoms with Crippen LogP contribution in [0.25, 0.3) is 0 Å². The minimum absolute atomic E-state index is 0.171. The van der Waals surface area contributed by atoms with Crippen molar-refractivity contribution in [2.75, 3.05) is 0 Å². The Labute approximate surface area is 125 Å². The van der Waals surface area contributed by atoms with Crippen molar-refractivity contribution in [3.63, 3.8) is 0 Å². The topological polar surface area (TPSA) is 21.3 Å². The van der Waals surface area contributed by atoms with Crippen molar-refractivity contribution in [2.45, 2.75) is 25.9 Å². The van der Waals surface area contributed by atoms with Gasteiger partial charge in [0.15, 0.2) is 0 Å². The lowest BCUT2D eigenvalue weighted by molar-refractivity contribution is -0.274. The summed E-state index contributed by atoms with van der Waals surface area (Å²) >= 11 is 0. The largest absolute Gasteiger partial charge is 0.573 e. The number of alkyl halides is 3. The molecule has 22 heavy (non-hydrogen) atoms. The van der Waals surface area contributed by atoms with Gasteiger partial charge >= 0.3 is 6.36 Å². The van der Waals surface area contributed by atoms with Crippen LogP contribution in [0.5, 0.6) is 5.75 Å². The highest BCUT2D eigenvalue weighted by Gasteiger charge is 2.31. The van der Waals surface area contributed by atoms with Gasteiger partial charge < -0.3 is 10.1 Å². The molecule has 0 bridgehead atoms. The Bertz CT molecular complexity index is 628. The first-order valence-electron chi connectivity index (χ1n) is 6.67. The van der Waals surface area contributed by atoms with Crippen molar-refractivity contribution in [1.29, 1.82) is 0 Å². The van der Waals surface area contributed by atoms with E-state index in [1.54, 1.807) is 24.3 Å². The maximum absolute atomic E-state index is 13.2. The average molecular weight is 313 g/mol. The molecule has 0 aliphatic rings. The summed E-state index contributed by atoms with van der Waals surface area (Å²) in [5, 5.41) is 3.05. The maximum atomic E-state index is 13.2. The van der Waals surface area contributed by atoms with Crippen LogP contribution in [-0.2, 0) is 6.54 Å². The lowest BCUT2D eigenvalue weighted by Gasteiger charge is -2.17. The number of ether oxygens (including phenoxy) is 1. The third-order valence-electron chi connectivity index (χ3n) is 3.15. The molecule has 118 valence electrons. The zero-order valence-corrected chi connectivity index (χ0v) is 11.8. The Morgan fingerprint density at radius 3 is 2.50 bits per heavy atom. The van der Waals surface area contributed by atoms with Crippen LogP contribution in [0.4, 0.5) is 17.6 Å². The maximum Gasteiger partial charge on any atom is 0.573 e. The summed E-state index contributed by atoms with van der Waals surface area (Å²) in [5.74, 6) is -0.596. The first-order chi connectivity index (χ1) is 10.3. The first-order valence-corrected chi connectivity index (χ1v) is 6.67. The molecule has 0 aliphatic carbocycles. The molecule has 0 amide bonds. The molecule has 1 atom stereocenters. The van der Waals surface area contributed by atoms with E-state index in [-0.39, 0.29) is 24.2 Å². The molecule has 6 heteroatoms. The Balaban J connectivity index is 2.05.